The van der Waals surface area contributed by atoms with Crippen LogP contribution >= 0.6 is 0 Å². The van der Waals surface area contributed by atoms with Crippen molar-refractivity contribution in [3.8, 4) is 5.75 Å². The molecule has 0 fully saturated rings. The van der Waals surface area contributed by atoms with E-state index in [0.29, 0.717) is 5.82 Å². The first-order chi connectivity index (χ1) is 5.79. The third kappa shape index (κ3) is 1.03. The Morgan fingerprint density at radius 3 is 3.25 bits per heavy atom. The van der Waals surface area contributed by atoms with Crippen molar-refractivity contribution < 1.29 is 9.47 Å². The fourth-order valence-corrected chi connectivity index (χ4v) is 1.55. The zero-order valence-corrected chi connectivity index (χ0v) is 6.99. The number of aromatic nitrogens is 1. The average Bonchev–Trinajstić information content (AvgIpc) is 2.04. The van der Waals surface area contributed by atoms with E-state index in [-0.39, 0.29) is 0 Å². The monoisotopic (exact) mass is 163 g/mol. The van der Waals surface area contributed by atoms with Gasteiger partial charge in [0.25, 0.3) is 0 Å². The number of hydrogen-bond donors (Lipinski definition) is 0. The molecule has 1 unspecified atom stereocenters. The Hall–Kier alpha value is -1.19. The van der Waals surface area contributed by atoms with E-state index < -0.39 is 0 Å². The Balaban J connectivity index is 2.53. The van der Waals surface area contributed by atoms with Gasteiger partial charge in [-0.3, -0.25) is 0 Å². The maximum Gasteiger partial charge on any atom is 0.230 e. The quantitative estimate of drug-likeness (QED) is 0.301. The number of nitrogens with zero attached hydrogens (tertiary/aromatic N) is 1. The predicted octanol–water partition coefficient (Wildman–Crippen LogP) is -0.223. The summed E-state index contributed by atoms with van der Waals surface area (Å²) in [6.07, 6.45) is 2.45. The van der Waals surface area contributed by atoms with E-state index in [4.69, 9.17) is 4.74 Å². The lowest BCUT2D eigenvalue weighted by Crippen LogP contribution is -2.36. The van der Waals surface area contributed by atoms with E-state index in [1.165, 1.54) is 6.20 Å². The van der Waals surface area contributed by atoms with Gasteiger partial charge in [-0.15, -0.1) is 0 Å². The van der Waals surface area contributed by atoms with Crippen molar-refractivity contribution in [2.45, 2.75) is 12.2 Å². The Morgan fingerprint density at radius 1 is 1.67 bits per heavy atom. The van der Waals surface area contributed by atoms with Gasteiger partial charge in [0.05, 0.1) is 6.61 Å². The van der Waals surface area contributed by atoms with Crippen molar-refractivity contribution in [1.29, 1.82) is 0 Å². The zero-order chi connectivity index (χ0) is 8.55. The number of rotatable bonds is 0. The van der Waals surface area contributed by atoms with Gasteiger partial charge < -0.3 is 9.94 Å². The summed E-state index contributed by atoms with van der Waals surface area (Å²) in [5.74, 6) is 1.05. The van der Waals surface area contributed by atoms with Crippen molar-refractivity contribution in [2.24, 2.45) is 0 Å². The summed E-state index contributed by atoms with van der Waals surface area (Å²) in [5.41, 5.74) is 0.767. The van der Waals surface area contributed by atoms with E-state index in [2.05, 4.69) is 7.85 Å². The molecule has 1 aromatic rings. The normalized spacial score (nSPS) is 21.2. The molecule has 1 aliphatic heterocycles. The fourth-order valence-electron chi connectivity index (χ4n) is 1.55. The van der Waals surface area contributed by atoms with Crippen LogP contribution in [0.2, 0.25) is 0 Å². The average molecular weight is 163 g/mol. The minimum Gasteiger partial charge on any atom is -0.618 e. The second-order valence-corrected chi connectivity index (χ2v) is 3.12. The highest BCUT2D eigenvalue weighted by atomic mass is 16.5. The van der Waals surface area contributed by atoms with Crippen LogP contribution in [0.3, 0.4) is 0 Å². The molecular weight excluding hydrogens is 153 g/mol. The molecule has 1 aliphatic rings. The molecule has 1 aromatic heterocycles. The van der Waals surface area contributed by atoms with Gasteiger partial charge in [0, 0.05) is 11.9 Å². The second kappa shape index (κ2) is 2.70. The van der Waals surface area contributed by atoms with Crippen LogP contribution < -0.4 is 9.47 Å². The lowest BCUT2D eigenvalue weighted by Gasteiger charge is -2.20. The van der Waals surface area contributed by atoms with Crippen LogP contribution in [0.1, 0.15) is 17.9 Å². The van der Waals surface area contributed by atoms with E-state index in [0.717, 1.165) is 29.2 Å². The first kappa shape index (κ1) is 7.46. The Bertz CT molecular complexity index is 303. The fraction of sp³-hybridized carbons (Fsp3) is 0.375. The summed E-state index contributed by atoms with van der Waals surface area (Å²) >= 11 is 0. The van der Waals surface area contributed by atoms with Crippen molar-refractivity contribution in [3.05, 3.63) is 29.2 Å². The van der Waals surface area contributed by atoms with Crippen LogP contribution in [0.5, 0.6) is 5.75 Å². The molecule has 4 heteroatoms. The Labute approximate surface area is 72.0 Å². The predicted molar refractivity (Wildman–Crippen MR) is 46.8 cm³/mol. The van der Waals surface area contributed by atoms with Crippen molar-refractivity contribution >= 4 is 7.85 Å². The molecule has 0 saturated carbocycles. The Kier molecular flexibility index (Phi) is 1.68. The molecule has 0 spiro atoms. The van der Waals surface area contributed by atoms with Crippen molar-refractivity contribution in [3.63, 3.8) is 0 Å². The van der Waals surface area contributed by atoms with E-state index >= 15 is 0 Å². The largest absolute Gasteiger partial charge is 0.618 e. The minimum atomic E-state index is 0.312. The molecule has 62 valence electrons. The molecular formula is C8H10BNO2. The van der Waals surface area contributed by atoms with Crippen LogP contribution in [-0.2, 0) is 0 Å². The zero-order valence-electron chi connectivity index (χ0n) is 6.99. The second-order valence-electron chi connectivity index (χ2n) is 3.12. The van der Waals surface area contributed by atoms with Crippen molar-refractivity contribution in [2.75, 3.05) is 6.61 Å². The van der Waals surface area contributed by atoms with Gasteiger partial charge in [-0.05, 0) is 12.5 Å². The number of hydrogen-bond acceptors (Lipinski definition) is 2. The maximum absolute atomic E-state index is 11.3. The summed E-state index contributed by atoms with van der Waals surface area (Å²) in [6, 6.07) is 3.56. The van der Waals surface area contributed by atoms with Gasteiger partial charge in [0.2, 0.25) is 5.69 Å². The van der Waals surface area contributed by atoms with Gasteiger partial charge in [-0.2, -0.15) is 4.73 Å². The standard InChI is InChI=1S/C8H10BNO2/c9-6-3-5-12-7-2-1-4-10(11)8(6)7/h1-2,4,6H,3,5,9H2. The third-order valence-corrected chi connectivity index (χ3v) is 2.23. The molecule has 2 heterocycles. The molecule has 3 nitrogen and oxygen atoms in total. The van der Waals surface area contributed by atoms with Gasteiger partial charge in [0.1, 0.15) is 7.85 Å². The molecule has 0 N–H and O–H groups in total. The highest BCUT2D eigenvalue weighted by Crippen LogP contribution is 2.27. The molecule has 0 saturated heterocycles. The molecule has 0 bridgehead atoms. The lowest BCUT2D eigenvalue weighted by molar-refractivity contribution is -0.615. The van der Waals surface area contributed by atoms with Gasteiger partial charge in [-0.25, -0.2) is 0 Å². The molecule has 0 aromatic carbocycles. The maximum atomic E-state index is 11.3. The molecule has 0 radical (unpaired) electrons. The van der Waals surface area contributed by atoms with Crippen LogP contribution in [0.25, 0.3) is 0 Å². The van der Waals surface area contributed by atoms with Gasteiger partial charge in [0.15, 0.2) is 11.9 Å². The van der Waals surface area contributed by atoms with Crippen molar-refractivity contribution in [1.82, 2.24) is 0 Å². The lowest BCUT2D eigenvalue weighted by atomic mass is 9.80. The summed E-state index contributed by atoms with van der Waals surface area (Å²) in [6.45, 7) is 0.720. The van der Waals surface area contributed by atoms with E-state index in [1.807, 2.05) is 6.07 Å². The number of pyridine rings is 1. The highest BCUT2D eigenvalue weighted by Gasteiger charge is 2.24. The van der Waals surface area contributed by atoms with Crippen LogP contribution in [0.15, 0.2) is 18.3 Å². The van der Waals surface area contributed by atoms with Gasteiger partial charge >= 0.3 is 0 Å². The first-order valence-corrected chi connectivity index (χ1v) is 4.14. The van der Waals surface area contributed by atoms with Crippen LogP contribution in [0, 0.1) is 5.21 Å². The smallest absolute Gasteiger partial charge is 0.230 e. The molecule has 0 amide bonds. The third-order valence-electron chi connectivity index (χ3n) is 2.23. The van der Waals surface area contributed by atoms with E-state index in [9.17, 15) is 5.21 Å². The topological polar surface area (TPSA) is 36.2 Å². The van der Waals surface area contributed by atoms with Gasteiger partial charge in [-0.1, -0.05) is 0 Å². The summed E-state index contributed by atoms with van der Waals surface area (Å²) in [4.78, 5) is 0. The van der Waals surface area contributed by atoms with E-state index in [1.54, 1.807) is 6.07 Å². The van der Waals surface area contributed by atoms with Crippen LogP contribution in [-0.4, -0.2) is 14.5 Å². The molecule has 12 heavy (non-hydrogen) atoms. The summed E-state index contributed by atoms with van der Waals surface area (Å²) in [5, 5.41) is 11.3. The molecule has 2 rings (SSSR count). The molecule has 0 aliphatic carbocycles. The molecule has 1 atom stereocenters. The summed E-state index contributed by atoms with van der Waals surface area (Å²) < 4.78 is 6.26. The van der Waals surface area contributed by atoms with Crippen LogP contribution in [0.4, 0.5) is 0 Å². The Morgan fingerprint density at radius 2 is 2.50 bits per heavy atom. The minimum absolute atomic E-state index is 0.312. The number of fused-ring (bicyclic) bond motifs is 1. The first-order valence-electron chi connectivity index (χ1n) is 4.14. The SMILES string of the molecule is BC1CCOc2ccc[n+]([O-])c21. The summed E-state index contributed by atoms with van der Waals surface area (Å²) in [7, 11) is 2.05. The number of ether oxygens (including phenoxy) is 1. The highest BCUT2D eigenvalue weighted by molar-refractivity contribution is 6.12.